The average Bonchev–Trinajstić information content (AvgIpc) is 3.03. The Hall–Kier alpha value is -3.28. The second-order valence-corrected chi connectivity index (χ2v) is 6.67. The number of fused-ring (bicyclic) bond motifs is 3. The van der Waals surface area contributed by atoms with Crippen molar-refractivity contribution in [1.82, 2.24) is 9.97 Å². The number of carbonyl (C=O) groups is 1. The van der Waals surface area contributed by atoms with Crippen molar-refractivity contribution < 1.29 is 14.3 Å². The van der Waals surface area contributed by atoms with Gasteiger partial charge in [0, 0.05) is 28.5 Å². The SMILES string of the molecule is COc1ccccc1-c1c(C(N)=O)[nH]c2c1C(C)(C)Oc1cnccc1-2. The third kappa shape index (κ3) is 2.26. The number of nitrogens with one attached hydrogen (secondary N) is 1. The summed E-state index contributed by atoms with van der Waals surface area (Å²) >= 11 is 0. The van der Waals surface area contributed by atoms with E-state index >= 15 is 0 Å². The highest BCUT2D eigenvalue weighted by Gasteiger charge is 2.39. The molecule has 0 saturated carbocycles. The smallest absolute Gasteiger partial charge is 0.265 e. The zero-order chi connectivity index (χ0) is 18.5. The molecular weight excluding hydrogens is 330 g/mol. The van der Waals surface area contributed by atoms with E-state index in [-0.39, 0.29) is 0 Å². The molecule has 1 amide bonds. The van der Waals surface area contributed by atoms with E-state index in [9.17, 15) is 4.79 Å². The highest BCUT2D eigenvalue weighted by Crippen LogP contribution is 2.50. The minimum absolute atomic E-state index is 0.334. The molecule has 2 aromatic heterocycles. The minimum Gasteiger partial charge on any atom is -0.496 e. The quantitative estimate of drug-likeness (QED) is 0.757. The van der Waals surface area contributed by atoms with Gasteiger partial charge in [-0.1, -0.05) is 18.2 Å². The molecule has 1 aliphatic rings. The summed E-state index contributed by atoms with van der Waals surface area (Å²) in [5.74, 6) is 0.786. The van der Waals surface area contributed by atoms with Crippen molar-refractivity contribution in [2.45, 2.75) is 19.4 Å². The van der Waals surface area contributed by atoms with Gasteiger partial charge in [0.15, 0.2) is 0 Å². The standard InChI is InChI=1S/C20H19N3O3/c1-20(2)16-15(11-6-4-5-7-13(11)25-3)18(19(21)24)23-17(16)12-8-9-22-10-14(12)26-20/h4-10,23H,1-3H3,(H2,21,24). The Morgan fingerprint density at radius 1 is 1.23 bits per heavy atom. The van der Waals surface area contributed by atoms with Crippen molar-refractivity contribution in [2.75, 3.05) is 7.11 Å². The topological polar surface area (TPSA) is 90.2 Å². The fourth-order valence-electron chi connectivity index (χ4n) is 3.60. The van der Waals surface area contributed by atoms with Crippen LogP contribution in [0.15, 0.2) is 42.7 Å². The number of hydrogen-bond donors (Lipinski definition) is 2. The first kappa shape index (κ1) is 16.2. The summed E-state index contributed by atoms with van der Waals surface area (Å²) in [7, 11) is 1.60. The van der Waals surface area contributed by atoms with Crippen LogP contribution in [0.1, 0.15) is 29.9 Å². The number of aromatic amines is 1. The van der Waals surface area contributed by atoms with Crippen molar-refractivity contribution in [3.05, 3.63) is 54.0 Å². The van der Waals surface area contributed by atoms with Crippen LogP contribution >= 0.6 is 0 Å². The fourth-order valence-corrected chi connectivity index (χ4v) is 3.60. The monoisotopic (exact) mass is 349 g/mol. The molecule has 3 aromatic rings. The molecule has 0 saturated heterocycles. The summed E-state index contributed by atoms with van der Waals surface area (Å²) < 4.78 is 11.7. The summed E-state index contributed by atoms with van der Waals surface area (Å²) in [6.07, 6.45) is 3.37. The Balaban J connectivity index is 2.12. The van der Waals surface area contributed by atoms with Crippen LogP contribution in [0.5, 0.6) is 11.5 Å². The Labute approximate surface area is 151 Å². The van der Waals surface area contributed by atoms with Gasteiger partial charge in [0.25, 0.3) is 5.91 Å². The van der Waals surface area contributed by atoms with Crippen molar-refractivity contribution in [2.24, 2.45) is 5.73 Å². The Morgan fingerprint density at radius 3 is 2.73 bits per heavy atom. The van der Waals surface area contributed by atoms with E-state index in [1.54, 1.807) is 19.5 Å². The number of carbonyl (C=O) groups excluding carboxylic acids is 1. The summed E-state index contributed by atoms with van der Waals surface area (Å²) in [5.41, 5.74) is 9.37. The van der Waals surface area contributed by atoms with Crippen molar-refractivity contribution in [3.8, 4) is 33.9 Å². The van der Waals surface area contributed by atoms with E-state index in [1.165, 1.54) is 0 Å². The molecule has 0 aliphatic carbocycles. The molecule has 0 bridgehead atoms. The Morgan fingerprint density at radius 2 is 2.00 bits per heavy atom. The maximum absolute atomic E-state index is 12.2. The van der Waals surface area contributed by atoms with Gasteiger partial charge >= 0.3 is 0 Å². The normalized spacial score (nSPS) is 14.1. The van der Waals surface area contributed by atoms with Gasteiger partial charge in [0.2, 0.25) is 0 Å². The molecule has 0 fully saturated rings. The van der Waals surface area contributed by atoms with Crippen LogP contribution in [0, 0.1) is 0 Å². The third-order valence-electron chi connectivity index (χ3n) is 4.64. The molecule has 132 valence electrons. The van der Waals surface area contributed by atoms with E-state index in [0.29, 0.717) is 22.8 Å². The van der Waals surface area contributed by atoms with Gasteiger partial charge in [0.1, 0.15) is 22.8 Å². The molecule has 0 unspecified atom stereocenters. The average molecular weight is 349 g/mol. The van der Waals surface area contributed by atoms with Gasteiger partial charge in [-0.15, -0.1) is 0 Å². The van der Waals surface area contributed by atoms with E-state index in [2.05, 4.69) is 9.97 Å². The maximum Gasteiger partial charge on any atom is 0.265 e. The fraction of sp³-hybridized carbons (Fsp3) is 0.200. The maximum atomic E-state index is 12.2. The second-order valence-electron chi connectivity index (χ2n) is 6.67. The molecule has 0 radical (unpaired) electrons. The number of nitrogens with two attached hydrogens (primary N) is 1. The molecule has 3 N–H and O–H groups in total. The van der Waals surface area contributed by atoms with Crippen LogP contribution in [0.3, 0.4) is 0 Å². The van der Waals surface area contributed by atoms with E-state index in [4.69, 9.17) is 15.2 Å². The number of H-pyrrole nitrogens is 1. The van der Waals surface area contributed by atoms with Gasteiger partial charge < -0.3 is 20.2 Å². The first-order valence-corrected chi connectivity index (χ1v) is 8.27. The summed E-state index contributed by atoms with van der Waals surface area (Å²) in [5, 5.41) is 0. The number of hydrogen-bond acceptors (Lipinski definition) is 4. The number of benzene rings is 1. The number of primary amides is 1. The van der Waals surface area contributed by atoms with Crippen LogP contribution in [-0.4, -0.2) is 23.0 Å². The molecule has 6 heteroatoms. The summed E-state index contributed by atoms with van der Waals surface area (Å²) in [6.45, 7) is 3.92. The van der Waals surface area contributed by atoms with Crippen LogP contribution in [0.2, 0.25) is 0 Å². The first-order chi connectivity index (χ1) is 12.4. The number of pyridine rings is 1. The number of para-hydroxylation sites is 1. The highest BCUT2D eigenvalue weighted by atomic mass is 16.5. The Kier molecular flexibility index (Phi) is 3.50. The number of ether oxygens (including phenoxy) is 2. The lowest BCUT2D eigenvalue weighted by Gasteiger charge is -2.33. The lowest BCUT2D eigenvalue weighted by atomic mass is 9.85. The molecule has 0 atom stereocenters. The molecule has 0 spiro atoms. The second kappa shape index (κ2) is 5.62. The lowest BCUT2D eigenvalue weighted by Crippen LogP contribution is -2.29. The van der Waals surface area contributed by atoms with E-state index in [0.717, 1.165) is 22.4 Å². The molecule has 3 heterocycles. The van der Waals surface area contributed by atoms with Crippen molar-refractivity contribution in [3.63, 3.8) is 0 Å². The van der Waals surface area contributed by atoms with Crippen LogP contribution in [0.25, 0.3) is 22.4 Å². The number of nitrogens with zero attached hydrogens (tertiary/aromatic N) is 1. The summed E-state index contributed by atoms with van der Waals surface area (Å²) in [4.78, 5) is 19.6. The van der Waals surface area contributed by atoms with Crippen molar-refractivity contribution >= 4 is 5.91 Å². The summed E-state index contributed by atoms with van der Waals surface area (Å²) in [6, 6.07) is 9.40. The molecule has 1 aliphatic heterocycles. The number of methoxy groups -OCH3 is 1. The van der Waals surface area contributed by atoms with Gasteiger partial charge in [-0.25, -0.2) is 0 Å². The number of rotatable bonds is 3. The zero-order valence-corrected chi connectivity index (χ0v) is 14.8. The first-order valence-electron chi connectivity index (χ1n) is 8.27. The van der Waals surface area contributed by atoms with Crippen LogP contribution in [0.4, 0.5) is 0 Å². The van der Waals surface area contributed by atoms with Gasteiger partial charge in [-0.3, -0.25) is 9.78 Å². The number of amides is 1. The molecule has 26 heavy (non-hydrogen) atoms. The zero-order valence-electron chi connectivity index (χ0n) is 14.8. The Bertz CT molecular complexity index is 1020. The predicted octanol–water partition coefficient (Wildman–Crippen LogP) is 3.48. The minimum atomic E-state index is -0.689. The van der Waals surface area contributed by atoms with Gasteiger partial charge in [0.05, 0.1) is 19.0 Å². The predicted molar refractivity (Wildman–Crippen MR) is 98.2 cm³/mol. The van der Waals surface area contributed by atoms with Gasteiger partial charge in [-0.2, -0.15) is 0 Å². The van der Waals surface area contributed by atoms with Crippen molar-refractivity contribution in [1.29, 1.82) is 0 Å². The molecular formula is C20H19N3O3. The van der Waals surface area contributed by atoms with Crippen LogP contribution < -0.4 is 15.2 Å². The van der Waals surface area contributed by atoms with Gasteiger partial charge in [-0.05, 0) is 26.0 Å². The molecule has 1 aromatic carbocycles. The van der Waals surface area contributed by atoms with E-state index < -0.39 is 11.5 Å². The van der Waals surface area contributed by atoms with E-state index in [1.807, 2.05) is 44.2 Å². The van der Waals surface area contributed by atoms with Crippen LogP contribution in [-0.2, 0) is 5.60 Å². The third-order valence-corrected chi connectivity index (χ3v) is 4.64. The molecule has 6 nitrogen and oxygen atoms in total. The molecule has 4 rings (SSSR count). The number of aromatic nitrogens is 2. The highest BCUT2D eigenvalue weighted by molar-refractivity contribution is 6.03. The lowest BCUT2D eigenvalue weighted by molar-refractivity contribution is 0.0996. The largest absolute Gasteiger partial charge is 0.496 e.